The molecule has 0 amide bonds. The van der Waals surface area contributed by atoms with Crippen molar-refractivity contribution in [1.82, 2.24) is 0 Å². The van der Waals surface area contributed by atoms with Gasteiger partial charge in [0, 0.05) is 29.8 Å². The molecule has 2 aromatic rings. The predicted molar refractivity (Wildman–Crippen MR) is 92.8 cm³/mol. The first-order chi connectivity index (χ1) is 10.4. The van der Waals surface area contributed by atoms with Crippen LogP contribution < -0.4 is 10.1 Å². The fourth-order valence-corrected chi connectivity index (χ4v) is 3.35. The SMILES string of the molecule is Cc1c(C)c(NCc2ccccc2)c(C)c2c1CC(C)(C)O2. The van der Waals surface area contributed by atoms with Crippen LogP contribution in [-0.4, -0.2) is 5.60 Å². The zero-order chi connectivity index (χ0) is 15.9. The third-order valence-electron chi connectivity index (χ3n) is 4.67. The molecule has 0 bridgehead atoms. The Morgan fingerprint density at radius 1 is 1.00 bits per heavy atom. The number of nitrogens with one attached hydrogen (secondary N) is 1. The number of anilines is 1. The van der Waals surface area contributed by atoms with E-state index in [1.807, 2.05) is 0 Å². The molecule has 22 heavy (non-hydrogen) atoms. The summed E-state index contributed by atoms with van der Waals surface area (Å²) in [7, 11) is 0. The third kappa shape index (κ3) is 2.58. The van der Waals surface area contributed by atoms with Crippen LogP contribution in [0, 0.1) is 20.8 Å². The Labute approximate surface area is 133 Å². The van der Waals surface area contributed by atoms with Gasteiger partial charge < -0.3 is 10.1 Å². The highest BCUT2D eigenvalue weighted by Crippen LogP contribution is 2.44. The minimum Gasteiger partial charge on any atom is -0.487 e. The predicted octanol–water partition coefficient (Wildman–Crippen LogP) is 4.94. The second-order valence-corrected chi connectivity index (χ2v) is 6.94. The summed E-state index contributed by atoms with van der Waals surface area (Å²) in [5.74, 6) is 1.09. The van der Waals surface area contributed by atoms with Crippen molar-refractivity contribution in [2.24, 2.45) is 0 Å². The van der Waals surface area contributed by atoms with E-state index in [9.17, 15) is 0 Å². The highest BCUT2D eigenvalue weighted by atomic mass is 16.5. The van der Waals surface area contributed by atoms with Crippen LogP contribution in [0.5, 0.6) is 5.75 Å². The summed E-state index contributed by atoms with van der Waals surface area (Å²) in [5, 5.41) is 3.62. The van der Waals surface area contributed by atoms with Gasteiger partial charge in [-0.3, -0.25) is 0 Å². The van der Waals surface area contributed by atoms with E-state index in [1.54, 1.807) is 0 Å². The molecule has 116 valence electrons. The Morgan fingerprint density at radius 3 is 2.36 bits per heavy atom. The maximum atomic E-state index is 6.21. The number of fused-ring (bicyclic) bond motifs is 1. The van der Waals surface area contributed by atoms with Crippen molar-refractivity contribution in [3.8, 4) is 5.75 Å². The molecule has 0 aliphatic carbocycles. The van der Waals surface area contributed by atoms with Crippen molar-refractivity contribution >= 4 is 5.69 Å². The fourth-order valence-electron chi connectivity index (χ4n) is 3.35. The van der Waals surface area contributed by atoms with Gasteiger partial charge >= 0.3 is 0 Å². The molecule has 2 heteroatoms. The van der Waals surface area contributed by atoms with Crippen LogP contribution in [-0.2, 0) is 13.0 Å². The monoisotopic (exact) mass is 295 g/mol. The topological polar surface area (TPSA) is 21.3 Å². The van der Waals surface area contributed by atoms with Gasteiger partial charge in [0.1, 0.15) is 11.4 Å². The summed E-state index contributed by atoms with van der Waals surface area (Å²) in [6.45, 7) is 11.8. The minimum absolute atomic E-state index is 0.0949. The van der Waals surface area contributed by atoms with Gasteiger partial charge in [-0.25, -0.2) is 0 Å². The van der Waals surface area contributed by atoms with E-state index in [0.717, 1.165) is 18.7 Å². The van der Waals surface area contributed by atoms with Crippen LogP contribution >= 0.6 is 0 Å². The minimum atomic E-state index is -0.0949. The summed E-state index contributed by atoms with van der Waals surface area (Å²) >= 11 is 0. The molecule has 1 N–H and O–H groups in total. The molecule has 2 nitrogen and oxygen atoms in total. The van der Waals surface area contributed by atoms with E-state index < -0.39 is 0 Å². The number of hydrogen-bond donors (Lipinski definition) is 1. The summed E-state index contributed by atoms with van der Waals surface area (Å²) in [6.07, 6.45) is 0.995. The summed E-state index contributed by atoms with van der Waals surface area (Å²) in [5.41, 5.74) is 7.74. The Balaban J connectivity index is 1.95. The molecule has 1 aliphatic rings. The lowest BCUT2D eigenvalue weighted by molar-refractivity contribution is 0.137. The molecule has 0 fully saturated rings. The number of hydrogen-bond acceptors (Lipinski definition) is 2. The third-order valence-corrected chi connectivity index (χ3v) is 4.67. The number of ether oxygens (including phenoxy) is 1. The normalized spacial score (nSPS) is 15.3. The molecule has 0 spiro atoms. The van der Waals surface area contributed by atoms with Gasteiger partial charge in [0.05, 0.1) is 0 Å². The molecule has 0 radical (unpaired) electrons. The van der Waals surface area contributed by atoms with Gasteiger partial charge in [-0.15, -0.1) is 0 Å². The standard InChI is InChI=1S/C20H25NO/c1-13-14(2)18(21-12-16-9-7-6-8-10-16)15(3)19-17(13)11-20(4,5)22-19/h6-10,21H,11-12H2,1-5H3. The smallest absolute Gasteiger partial charge is 0.128 e. The molecule has 0 aromatic heterocycles. The summed E-state index contributed by atoms with van der Waals surface area (Å²) in [4.78, 5) is 0. The lowest BCUT2D eigenvalue weighted by Crippen LogP contribution is -2.24. The average molecular weight is 295 g/mol. The lowest BCUT2D eigenvalue weighted by atomic mass is 9.92. The van der Waals surface area contributed by atoms with Gasteiger partial charge in [-0.2, -0.15) is 0 Å². The van der Waals surface area contributed by atoms with Crippen molar-refractivity contribution in [2.45, 2.75) is 53.2 Å². The van der Waals surface area contributed by atoms with Crippen molar-refractivity contribution in [2.75, 3.05) is 5.32 Å². The lowest BCUT2D eigenvalue weighted by Gasteiger charge is -2.20. The van der Waals surface area contributed by atoms with Crippen LogP contribution in [0.3, 0.4) is 0 Å². The van der Waals surface area contributed by atoms with E-state index in [0.29, 0.717) is 0 Å². The maximum Gasteiger partial charge on any atom is 0.128 e. The van der Waals surface area contributed by atoms with Crippen molar-refractivity contribution in [3.05, 3.63) is 58.1 Å². The zero-order valence-electron chi connectivity index (χ0n) is 14.2. The Morgan fingerprint density at radius 2 is 1.68 bits per heavy atom. The molecule has 1 heterocycles. The molecule has 0 atom stereocenters. The van der Waals surface area contributed by atoms with Crippen LogP contribution in [0.4, 0.5) is 5.69 Å². The van der Waals surface area contributed by atoms with Crippen molar-refractivity contribution in [1.29, 1.82) is 0 Å². The van der Waals surface area contributed by atoms with Gasteiger partial charge in [0.2, 0.25) is 0 Å². The first kappa shape index (κ1) is 15.0. The fraction of sp³-hybridized carbons (Fsp3) is 0.400. The number of rotatable bonds is 3. The van der Waals surface area contributed by atoms with Gasteiger partial charge in [-0.1, -0.05) is 30.3 Å². The second kappa shape index (κ2) is 5.35. The first-order valence-electron chi connectivity index (χ1n) is 7.98. The van der Waals surface area contributed by atoms with Gasteiger partial charge in [0.15, 0.2) is 0 Å². The first-order valence-corrected chi connectivity index (χ1v) is 7.98. The molecular weight excluding hydrogens is 270 g/mol. The van der Waals surface area contributed by atoms with E-state index in [-0.39, 0.29) is 5.60 Å². The second-order valence-electron chi connectivity index (χ2n) is 6.94. The van der Waals surface area contributed by atoms with Crippen LogP contribution in [0.2, 0.25) is 0 Å². The molecule has 0 unspecified atom stereocenters. The van der Waals surface area contributed by atoms with E-state index in [2.05, 4.69) is 70.3 Å². The molecule has 2 aromatic carbocycles. The van der Waals surface area contributed by atoms with Crippen LogP contribution in [0.15, 0.2) is 30.3 Å². The largest absolute Gasteiger partial charge is 0.487 e. The van der Waals surface area contributed by atoms with Crippen LogP contribution in [0.1, 0.15) is 41.7 Å². The molecule has 3 rings (SSSR count). The highest BCUT2D eigenvalue weighted by Gasteiger charge is 2.34. The van der Waals surface area contributed by atoms with Crippen LogP contribution in [0.25, 0.3) is 0 Å². The Bertz CT molecular complexity index is 702. The summed E-state index contributed by atoms with van der Waals surface area (Å²) in [6, 6.07) is 10.5. The maximum absolute atomic E-state index is 6.21. The molecule has 0 saturated carbocycles. The Kier molecular flexibility index (Phi) is 3.64. The van der Waals surface area contributed by atoms with E-state index in [4.69, 9.17) is 4.74 Å². The molecular formula is C20H25NO. The van der Waals surface area contributed by atoms with Gasteiger partial charge in [-0.05, 0) is 51.3 Å². The molecule has 1 aliphatic heterocycles. The zero-order valence-corrected chi connectivity index (χ0v) is 14.2. The van der Waals surface area contributed by atoms with E-state index in [1.165, 1.54) is 33.5 Å². The summed E-state index contributed by atoms with van der Waals surface area (Å²) < 4.78 is 6.21. The highest BCUT2D eigenvalue weighted by molar-refractivity contribution is 5.69. The van der Waals surface area contributed by atoms with E-state index >= 15 is 0 Å². The Hall–Kier alpha value is -1.96. The number of benzene rings is 2. The van der Waals surface area contributed by atoms with Crippen molar-refractivity contribution < 1.29 is 4.74 Å². The van der Waals surface area contributed by atoms with Crippen molar-refractivity contribution in [3.63, 3.8) is 0 Å². The quantitative estimate of drug-likeness (QED) is 0.866. The average Bonchev–Trinajstić information content (AvgIpc) is 2.82. The molecule has 0 saturated heterocycles. The van der Waals surface area contributed by atoms with Gasteiger partial charge in [0.25, 0.3) is 0 Å².